The van der Waals surface area contributed by atoms with E-state index in [-0.39, 0.29) is 18.3 Å². The molecule has 1 N–H and O–H groups in total. The number of piperidine rings is 1. The Morgan fingerprint density at radius 2 is 2.05 bits per heavy atom. The van der Waals surface area contributed by atoms with E-state index >= 15 is 0 Å². The van der Waals surface area contributed by atoms with Gasteiger partial charge in [0.15, 0.2) is 0 Å². The van der Waals surface area contributed by atoms with E-state index in [2.05, 4.69) is 27.1 Å². The zero-order valence-corrected chi connectivity index (χ0v) is 25.4. The fraction of sp³-hybridized carbons (Fsp3) is 0.324. The van der Waals surface area contributed by atoms with Crippen molar-refractivity contribution in [3.8, 4) is 11.5 Å². The van der Waals surface area contributed by atoms with Gasteiger partial charge < -0.3 is 19.7 Å². The van der Waals surface area contributed by atoms with Crippen molar-refractivity contribution in [3.63, 3.8) is 0 Å². The fourth-order valence-corrected chi connectivity index (χ4v) is 5.92. The predicted molar refractivity (Wildman–Crippen MR) is 171 cm³/mol. The van der Waals surface area contributed by atoms with Crippen LogP contribution in [-0.2, 0) is 11.4 Å². The topological polar surface area (TPSA) is 79.8 Å². The predicted octanol–water partition coefficient (Wildman–Crippen LogP) is 7.29. The first kappa shape index (κ1) is 29.8. The van der Waals surface area contributed by atoms with E-state index in [0.717, 1.165) is 24.9 Å². The number of carbonyl (C=O) groups excluding carboxylic acids is 1. The van der Waals surface area contributed by atoms with Crippen LogP contribution in [0.25, 0.3) is 10.9 Å². The molecule has 3 aromatic carbocycles. The minimum atomic E-state index is -0.316. The second-order valence-corrected chi connectivity index (χ2v) is 11.6. The number of hydrogen-bond acceptors (Lipinski definition) is 7. The smallest absolute Gasteiger partial charge is 0.250 e. The number of anilines is 3. The Balaban J connectivity index is 1.21. The molecule has 0 spiro atoms. The van der Waals surface area contributed by atoms with Gasteiger partial charge in [-0.1, -0.05) is 36.2 Å². The first-order chi connectivity index (χ1) is 21.4. The molecule has 6 rings (SSSR count). The molecule has 1 amide bonds. The van der Waals surface area contributed by atoms with E-state index in [1.807, 2.05) is 24.3 Å². The quantitative estimate of drug-likeness (QED) is 0.209. The normalized spacial score (nSPS) is 17.2. The molecule has 3 heterocycles. The Bertz CT molecular complexity index is 1680. The van der Waals surface area contributed by atoms with Crippen LogP contribution in [0, 0.1) is 5.82 Å². The number of halogens is 2. The summed E-state index contributed by atoms with van der Waals surface area (Å²) in [4.78, 5) is 26.6. The second-order valence-electron chi connectivity index (χ2n) is 11.2. The van der Waals surface area contributed by atoms with Crippen LogP contribution in [0.4, 0.5) is 21.6 Å². The number of aromatic nitrogens is 2. The number of rotatable bonds is 8. The van der Waals surface area contributed by atoms with Crippen molar-refractivity contribution >= 4 is 45.6 Å². The summed E-state index contributed by atoms with van der Waals surface area (Å²) in [5, 5.41) is 4.47. The number of amides is 1. The maximum Gasteiger partial charge on any atom is 0.250 e. The maximum absolute atomic E-state index is 13.5. The number of ether oxygens (including phenoxy) is 2. The summed E-state index contributed by atoms with van der Waals surface area (Å²) in [7, 11) is 0. The van der Waals surface area contributed by atoms with Crippen LogP contribution in [0.1, 0.15) is 38.2 Å². The summed E-state index contributed by atoms with van der Waals surface area (Å²) in [5.74, 6) is 1.27. The van der Waals surface area contributed by atoms with Crippen LogP contribution in [0.5, 0.6) is 11.5 Å². The third-order valence-electron chi connectivity index (χ3n) is 8.08. The third-order valence-corrected chi connectivity index (χ3v) is 8.37. The molecule has 1 unspecified atom stereocenters. The van der Waals surface area contributed by atoms with Gasteiger partial charge in [-0.2, -0.15) is 0 Å². The van der Waals surface area contributed by atoms with Gasteiger partial charge in [-0.05, 0) is 74.7 Å². The highest BCUT2D eigenvalue weighted by atomic mass is 35.5. The number of likely N-dealkylation sites (tertiary alicyclic amines) is 1. The lowest BCUT2D eigenvalue weighted by Crippen LogP contribution is -2.37. The highest BCUT2D eigenvalue weighted by Gasteiger charge is 2.23. The molecule has 10 heteroatoms. The highest BCUT2D eigenvalue weighted by Crippen LogP contribution is 2.38. The molecule has 1 fully saturated rings. The SMILES string of the molecule is CC1CCCCN1C/C=C/C(=O)N1CCCOc2cc3ncnc(Nc4ccc(OCc5cccc(F)c5)c(Cl)c4)c3cc21. The lowest BCUT2D eigenvalue weighted by Gasteiger charge is -2.32. The van der Waals surface area contributed by atoms with E-state index in [1.165, 1.54) is 37.7 Å². The zero-order valence-electron chi connectivity index (χ0n) is 24.6. The molecule has 1 atom stereocenters. The van der Waals surface area contributed by atoms with Crippen LogP contribution in [0.2, 0.25) is 5.02 Å². The van der Waals surface area contributed by atoms with Crippen molar-refractivity contribution in [1.82, 2.24) is 14.9 Å². The summed E-state index contributed by atoms with van der Waals surface area (Å²) < 4.78 is 25.4. The Kier molecular flexibility index (Phi) is 9.23. The first-order valence-electron chi connectivity index (χ1n) is 15.0. The molecule has 0 aliphatic carbocycles. The Labute approximate surface area is 261 Å². The molecule has 2 aliphatic rings. The fourth-order valence-electron chi connectivity index (χ4n) is 5.68. The van der Waals surface area contributed by atoms with Gasteiger partial charge >= 0.3 is 0 Å². The summed E-state index contributed by atoms with van der Waals surface area (Å²) in [5.41, 5.74) is 2.78. The van der Waals surface area contributed by atoms with Crippen molar-refractivity contribution in [1.29, 1.82) is 0 Å². The van der Waals surface area contributed by atoms with E-state index in [9.17, 15) is 9.18 Å². The van der Waals surface area contributed by atoms with Crippen LogP contribution in [0.15, 0.2) is 73.1 Å². The van der Waals surface area contributed by atoms with Crippen molar-refractivity contribution in [2.75, 3.05) is 36.5 Å². The van der Waals surface area contributed by atoms with Crippen molar-refractivity contribution in [3.05, 3.63) is 89.5 Å². The zero-order chi connectivity index (χ0) is 30.5. The van der Waals surface area contributed by atoms with E-state index < -0.39 is 0 Å². The van der Waals surface area contributed by atoms with Crippen LogP contribution >= 0.6 is 11.6 Å². The summed E-state index contributed by atoms with van der Waals surface area (Å²) in [6.45, 7) is 5.33. The van der Waals surface area contributed by atoms with Crippen LogP contribution < -0.4 is 19.7 Å². The molecule has 8 nitrogen and oxygen atoms in total. The Morgan fingerprint density at radius 3 is 2.89 bits per heavy atom. The first-order valence-corrected chi connectivity index (χ1v) is 15.4. The summed E-state index contributed by atoms with van der Waals surface area (Å²) in [6, 6.07) is 15.9. The average Bonchev–Trinajstić information content (AvgIpc) is 3.23. The van der Waals surface area contributed by atoms with Gasteiger partial charge in [0.05, 0.1) is 22.8 Å². The number of hydrogen-bond donors (Lipinski definition) is 1. The Morgan fingerprint density at radius 1 is 1.14 bits per heavy atom. The summed E-state index contributed by atoms with van der Waals surface area (Å²) in [6.07, 6.45) is 9.53. The average molecular weight is 616 g/mol. The lowest BCUT2D eigenvalue weighted by molar-refractivity contribution is -0.114. The van der Waals surface area contributed by atoms with Crippen LogP contribution in [-0.4, -0.2) is 53.1 Å². The number of nitrogens with zero attached hydrogens (tertiary/aromatic N) is 4. The lowest BCUT2D eigenvalue weighted by atomic mass is 10.0. The molecule has 2 aliphatic heterocycles. The van der Waals surface area contributed by atoms with Gasteiger partial charge in [0.2, 0.25) is 0 Å². The standard InChI is InChI=1S/C34H35ClFN5O3/c1-23-7-2-3-13-40(23)14-5-10-33(42)41-15-6-16-43-32-20-29-27(19-30(32)41)34(38-22-37-29)39-26-11-12-31(28(35)18-26)44-21-24-8-4-9-25(36)17-24/h4-5,8-12,17-20,22-23H,2-3,6-7,13-16,21H2,1H3,(H,37,38,39)/b10-5+. The molecule has 0 bridgehead atoms. The number of nitrogens with one attached hydrogen (secondary N) is 1. The van der Waals surface area contributed by atoms with E-state index in [4.69, 9.17) is 21.1 Å². The molecule has 1 saturated heterocycles. The number of fused-ring (bicyclic) bond motifs is 2. The third kappa shape index (κ3) is 6.95. The van der Waals surface area contributed by atoms with Crippen molar-refractivity contribution in [2.24, 2.45) is 0 Å². The van der Waals surface area contributed by atoms with Crippen molar-refractivity contribution in [2.45, 2.75) is 45.3 Å². The minimum Gasteiger partial charge on any atom is -0.491 e. The van der Waals surface area contributed by atoms with Gasteiger partial charge in [-0.25, -0.2) is 14.4 Å². The number of carbonyl (C=O) groups is 1. The molecule has 44 heavy (non-hydrogen) atoms. The van der Waals surface area contributed by atoms with Crippen LogP contribution in [0.3, 0.4) is 0 Å². The molecule has 0 saturated carbocycles. The molecule has 0 radical (unpaired) electrons. The van der Waals surface area contributed by atoms with Gasteiger partial charge in [0.25, 0.3) is 5.91 Å². The van der Waals surface area contributed by atoms with Gasteiger partial charge in [-0.3, -0.25) is 9.69 Å². The van der Waals surface area contributed by atoms with Gasteiger partial charge in [0.1, 0.15) is 36.1 Å². The highest BCUT2D eigenvalue weighted by molar-refractivity contribution is 6.32. The monoisotopic (exact) mass is 615 g/mol. The molecule has 4 aromatic rings. The minimum absolute atomic E-state index is 0.0762. The maximum atomic E-state index is 13.5. The second kappa shape index (κ2) is 13.6. The summed E-state index contributed by atoms with van der Waals surface area (Å²) >= 11 is 6.54. The molecule has 1 aromatic heterocycles. The number of benzene rings is 3. The van der Waals surface area contributed by atoms with E-state index in [1.54, 1.807) is 35.2 Å². The molecule has 228 valence electrons. The largest absolute Gasteiger partial charge is 0.491 e. The van der Waals surface area contributed by atoms with Gasteiger partial charge in [0, 0.05) is 42.3 Å². The van der Waals surface area contributed by atoms with E-state index in [0.29, 0.717) is 64.0 Å². The van der Waals surface area contributed by atoms with Gasteiger partial charge in [-0.15, -0.1) is 0 Å². The van der Waals surface area contributed by atoms with Crippen molar-refractivity contribution < 1.29 is 18.7 Å². The Hall–Kier alpha value is -4.21. The molecular formula is C34H35ClFN5O3. The molecular weight excluding hydrogens is 581 g/mol.